The van der Waals surface area contributed by atoms with Crippen molar-refractivity contribution in [1.29, 1.82) is 0 Å². The van der Waals surface area contributed by atoms with Crippen LogP contribution in [0.25, 0.3) is 5.69 Å². The Hall–Kier alpha value is -3.55. The third kappa shape index (κ3) is 3.80. The van der Waals surface area contributed by atoms with E-state index in [9.17, 15) is 18.8 Å². The summed E-state index contributed by atoms with van der Waals surface area (Å²) in [6.07, 6.45) is 0. The molecule has 1 atom stereocenters. The molecule has 3 rings (SSSR count). The van der Waals surface area contributed by atoms with Gasteiger partial charge >= 0.3 is 5.69 Å². The maximum Gasteiger partial charge on any atom is 0.352 e. The van der Waals surface area contributed by atoms with Gasteiger partial charge in [0.05, 0.1) is 6.04 Å². The van der Waals surface area contributed by atoms with Crippen molar-refractivity contribution in [3.05, 3.63) is 92.5 Å². The third-order valence-corrected chi connectivity index (χ3v) is 5.01. The average Bonchev–Trinajstić information content (AvgIpc) is 2.76. The fourth-order valence-electron chi connectivity index (χ4n) is 3.29. The Morgan fingerprint density at radius 2 is 1.63 bits per heavy atom. The summed E-state index contributed by atoms with van der Waals surface area (Å²) in [4.78, 5) is 40.8. The second-order valence-corrected chi connectivity index (χ2v) is 6.73. The lowest BCUT2D eigenvalue weighted by Crippen LogP contribution is -2.48. The summed E-state index contributed by atoms with van der Waals surface area (Å²) >= 11 is 0. The number of carbonyl (C=O) groups excluding carboxylic acids is 1. The summed E-state index contributed by atoms with van der Waals surface area (Å²) < 4.78 is 16.2. The van der Waals surface area contributed by atoms with Crippen LogP contribution in [0.15, 0.2) is 64.2 Å². The highest BCUT2D eigenvalue weighted by Gasteiger charge is 2.26. The van der Waals surface area contributed by atoms with E-state index in [1.165, 1.54) is 23.1 Å². The number of hydrogen-bond acceptors (Lipinski definition) is 4. The first-order valence-electron chi connectivity index (χ1n) is 9.75. The van der Waals surface area contributed by atoms with E-state index in [-0.39, 0.29) is 5.69 Å². The van der Waals surface area contributed by atoms with Crippen LogP contribution < -0.4 is 11.2 Å². The number of amides is 1. The summed E-state index contributed by atoms with van der Waals surface area (Å²) in [6, 6.07) is 13.8. The lowest BCUT2D eigenvalue weighted by molar-refractivity contribution is 0.0761. The minimum Gasteiger partial charge on any atom is -0.338 e. The molecule has 3 aromatic rings. The van der Waals surface area contributed by atoms with Crippen LogP contribution in [0.4, 0.5) is 4.39 Å². The molecule has 0 N–H and O–H groups in total. The number of nitrogens with zero attached hydrogens (tertiary/aromatic N) is 4. The molecule has 8 heteroatoms. The van der Waals surface area contributed by atoms with Crippen molar-refractivity contribution in [2.75, 3.05) is 13.1 Å². The molecule has 0 bridgehead atoms. The molecule has 7 nitrogen and oxygen atoms in total. The van der Waals surface area contributed by atoms with E-state index in [0.717, 1.165) is 9.25 Å². The first-order valence-corrected chi connectivity index (χ1v) is 9.75. The normalized spacial score (nSPS) is 11.9. The maximum absolute atomic E-state index is 14.5. The van der Waals surface area contributed by atoms with Gasteiger partial charge in [0.15, 0.2) is 0 Å². The first kappa shape index (κ1) is 21.2. The Morgan fingerprint density at radius 1 is 1.03 bits per heavy atom. The van der Waals surface area contributed by atoms with Gasteiger partial charge in [-0.15, -0.1) is 0 Å². The van der Waals surface area contributed by atoms with Crippen molar-refractivity contribution < 1.29 is 9.18 Å². The van der Waals surface area contributed by atoms with Crippen LogP contribution in [-0.2, 0) is 0 Å². The number of benzene rings is 2. The third-order valence-electron chi connectivity index (χ3n) is 5.01. The largest absolute Gasteiger partial charge is 0.352 e. The monoisotopic (exact) mass is 410 g/mol. The molecule has 0 saturated heterocycles. The summed E-state index contributed by atoms with van der Waals surface area (Å²) in [6.45, 7) is 5.96. The van der Waals surface area contributed by atoms with Crippen molar-refractivity contribution in [3.8, 4) is 5.69 Å². The minimum atomic E-state index is -0.822. The molecule has 0 aliphatic rings. The molecular weight excluding hydrogens is 387 g/mol. The fourth-order valence-corrected chi connectivity index (χ4v) is 3.29. The zero-order valence-electron chi connectivity index (χ0n) is 17.1. The van der Waals surface area contributed by atoms with Gasteiger partial charge < -0.3 is 4.90 Å². The van der Waals surface area contributed by atoms with E-state index in [2.05, 4.69) is 5.10 Å². The summed E-state index contributed by atoms with van der Waals surface area (Å²) in [7, 11) is 0. The molecule has 1 aromatic heterocycles. The quantitative estimate of drug-likeness (QED) is 0.626. The molecule has 1 unspecified atom stereocenters. The standard InChI is InChI=1S/C22H23FN4O3/c1-4-25(5-2)20(28)19-21(29)26(15(3)16-11-7-6-8-12-16)22(30)27(24-19)18-14-10-9-13-17(18)23/h6-15H,4-5H2,1-3H3. The smallest absolute Gasteiger partial charge is 0.338 e. The molecule has 0 saturated carbocycles. The van der Waals surface area contributed by atoms with E-state index in [0.29, 0.717) is 18.7 Å². The Bertz CT molecular complexity index is 1170. The molecule has 2 aromatic carbocycles. The molecule has 1 heterocycles. The molecule has 0 spiro atoms. The zero-order chi connectivity index (χ0) is 21.8. The van der Waals surface area contributed by atoms with Gasteiger partial charge in [0.1, 0.15) is 11.5 Å². The van der Waals surface area contributed by atoms with E-state index >= 15 is 0 Å². The van der Waals surface area contributed by atoms with E-state index in [1.54, 1.807) is 51.1 Å². The lowest BCUT2D eigenvalue weighted by Gasteiger charge is -2.21. The highest BCUT2D eigenvalue weighted by Crippen LogP contribution is 2.15. The van der Waals surface area contributed by atoms with Crippen LogP contribution >= 0.6 is 0 Å². The van der Waals surface area contributed by atoms with Crippen LogP contribution in [0, 0.1) is 5.82 Å². The number of aromatic nitrogens is 3. The van der Waals surface area contributed by atoms with Crippen molar-refractivity contribution in [2.24, 2.45) is 0 Å². The van der Waals surface area contributed by atoms with Gasteiger partial charge in [-0.3, -0.25) is 9.59 Å². The van der Waals surface area contributed by atoms with Gasteiger partial charge in [-0.05, 0) is 38.5 Å². The molecule has 0 aliphatic heterocycles. The van der Waals surface area contributed by atoms with E-state index < -0.39 is 34.7 Å². The summed E-state index contributed by atoms with van der Waals surface area (Å²) in [5, 5.41) is 4.00. The average molecular weight is 410 g/mol. The van der Waals surface area contributed by atoms with Crippen LogP contribution in [0.1, 0.15) is 42.9 Å². The number of para-hydroxylation sites is 1. The fraction of sp³-hybridized carbons (Fsp3) is 0.273. The van der Waals surface area contributed by atoms with Crippen LogP contribution in [0.5, 0.6) is 0 Å². The Labute approximate surface area is 173 Å². The van der Waals surface area contributed by atoms with Gasteiger partial charge in [0.25, 0.3) is 11.5 Å². The van der Waals surface area contributed by atoms with Gasteiger partial charge in [-0.25, -0.2) is 13.8 Å². The first-order chi connectivity index (χ1) is 14.4. The lowest BCUT2D eigenvalue weighted by atomic mass is 10.1. The SMILES string of the molecule is CCN(CC)C(=O)c1nn(-c2ccccc2F)c(=O)n(C(C)c2ccccc2)c1=O. The second-order valence-electron chi connectivity index (χ2n) is 6.73. The summed E-state index contributed by atoms with van der Waals surface area (Å²) in [5.41, 5.74) is -1.49. The molecule has 30 heavy (non-hydrogen) atoms. The Morgan fingerprint density at radius 3 is 2.23 bits per heavy atom. The van der Waals surface area contributed by atoms with E-state index in [1.807, 2.05) is 6.07 Å². The Balaban J connectivity index is 2.33. The summed E-state index contributed by atoms with van der Waals surface area (Å²) in [5.74, 6) is -1.30. The highest BCUT2D eigenvalue weighted by molar-refractivity contribution is 5.91. The number of carbonyl (C=O) groups is 1. The maximum atomic E-state index is 14.5. The van der Waals surface area contributed by atoms with Crippen LogP contribution in [0.3, 0.4) is 0 Å². The molecule has 0 radical (unpaired) electrons. The van der Waals surface area contributed by atoms with Gasteiger partial charge in [0.2, 0.25) is 5.69 Å². The van der Waals surface area contributed by atoms with Gasteiger partial charge in [0, 0.05) is 13.1 Å². The number of rotatable bonds is 6. The molecule has 0 aliphatic carbocycles. The van der Waals surface area contributed by atoms with Crippen LogP contribution in [-0.4, -0.2) is 38.2 Å². The van der Waals surface area contributed by atoms with Gasteiger partial charge in [-0.1, -0.05) is 42.5 Å². The molecule has 156 valence electrons. The predicted octanol–water partition coefficient (Wildman–Crippen LogP) is 2.62. The Kier molecular flexibility index (Phi) is 6.25. The molecule has 0 fully saturated rings. The molecule has 1 amide bonds. The number of halogens is 1. The van der Waals surface area contributed by atoms with Gasteiger partial charge in [-0.2, -0.15) is 9.78 Å². The highest BCUT2D eigenvalue weighted by atomic mass is 19.1. The van der Waals surface area contributed by atoms with Crippen molar-refractivity contribution >= 4 is 5.91 Å². The predicted molar refractivity (Wildman–Crippen MR) is 112 cm³/mol. The molecular formula is C22H23FN4O3. The topological polar surface area (TPSA) is 77.2 Å². The minimum absolute atomic E-state index is 0.134. The van der Waals surface area contributed by atoms with Crippen LogP contribution in [0.2, 0.25) is 0 Å². The van der Waals surface area contributed by atoms with E-state index in [4.69, 9.17) is 0 Å². The van der Waals surface area contributed by atoms with Crippen molar-refractivity contribution in [2.45, 2.75) is 26.8 Å². The van der Waals surface area contributed by atoms with Crippen molar-refractivity contribution in [1.82, 2.24) is 19.2 Å². The second kappa shape index (κ2) is 8.86. The zero-order valence-corrected chi connectivity index (χ0v) is 17.1. The number of hydrogen-bond donors (Lipinski definition) is 0. The van der Waals surface area contributed by atoms with Crippen molar-refractivity contribution in [3.63, 3.8) is 0 Å².